The molecule has 0 aromatic heterocycles. The van der Waals surface area contributed by atoms with Crippen molar-refractivity contribution in [2.75, 3.05) is 0 Å². The summed E-state index contributed by atoms with van der Waals surface area (Å²) < 4.78 is 33.9. The standard InChI is InChI=1S/C9H9F2NO2/c10-9(11)13-5-7-6(4-12)2-1-3-8(7)14-9/h1-3H,4-5,12H2. The van der Waals surface area contributed by atoms with Crippen molar-refractivity contribution in [1.29, 1.82) is 0 Å². The van der Waals surface area contributed by atoms with Gasteiger partial charge in [-0.2, -0.15) is 0 Å². The van der Waals surface area contributed by atoms with Gasteiger partial charge in [0.15, 0.2) is 0 Å². The molecule has 1 aliphatic rings. The Balaban J connectivity index is 2.40. The van der Waals surface area contributed by atoms with Gasteiger partial charge in [0, 0.05) is 12.1 Å². The lowest BCUT2D eigenvalue weighted by Gasteiger charge is -2.25. The van der Waals surface area contributed by atoms with Gasteiger partial charge in [0.25, 0.3) is 0 Å². The van der Waals surface area contributed by atoms with Gasteiger partial charge in [0.05, 0.1) is 6.61 Å². The lowest BCUT2D eigenvalue weighted by molar-refractivity contribution is -0.368. The van der Waals surface area contributed by atoms with E-state index in [4.69, 9.17) is 5.73 Å². The summed E-state index contributed by atoms with van der Waals surface area (Å²) in [6.45, 7) is 0.108. The third-order valence-electron chi connectivity index (χ3n) is 2.06. The number of hydrogen-bond donors (Lipinski definition) is 1. The van der Waals surface area contributed by atoms with Gasteiger partial charge >= 0.3 is 6.29 Å². The number of halogens is 2. The summed E-state index contributed by atoms with van der Waals surface area (Å²) in [5, 5.41) is 0. The first-order valence-corrected chi connectivity index (χ1v) is 4.14. The van der Waals surface area contributed by atoms with Gasteiger partial charge in [-0.1, -0.05) is 12.1 Å². The predicted octanol–water partition coefficient (Wildman–Crippen LogP) is 1.60. The summed E-state index contributed by atoms with van der Waals surface area (Å²) in [7, 11) is 0. The van der Waals surface area contributed by atoms with Crippen molar-refractivity contribution in [1.82, 2.24) is 0 Å². The monoisotopic (exact) mass is 201 g/mol. The molecule has 1 aliphatic heterocycles. The molecule has 0 amide bonds. The second kappa shape index (κ2) is 3.18. The van der Waals surface area contributed by atoms with Crippen LogP contribution < -0.4 is 10.5 Å². The van der Waals surface area contributed by atoms with E-state index in [9.17, 15) is 8.78 Å². The van der Waals surface area contributed by atoms with Crippen LogP contribution in [0.15, 0.2) is 18.2 Å². The van der Waals surface area contributed by atoms with Crippen LogP contribution in [0, 0.1) is 0 Å². The predicted molar refractivity (Wildman–Crippen MR) is 44.7 cm³/mol. The molecule has 0 unspecified atom stereocenters. The highest BCUT2D eigenvalue weighted by molar-refractivity contribution is 5.40. The molecule has 0 fully saturated rings. The zero-order chi connectivity index (χ0) is 10.2. The number of rotatable bonds is 1. The summed E-state index contributed by atoms with van der Waals surface area (Å²) in [5.41, 5.74) is 6.80. The molecular weight excluding hydrogens is 192 g/mol. The summed E-state index contributed by atoms with van der Waals surface area (Å²) in [5.74, 6) is 0.143. The van der Waals surface area contributed by atoms with Crippen molar-refractivity contribution in [2.45, 2.75) is 19.4 Å². The Morgan fingerprint density at radius 3 is 2.93 bits per heavy atom. The number of alkyl halides is 2. The molecule has 2 rings (SSSR count). The minimum Gasteiger partial charge on any atom is -0.409 e. The van der Waals surface area contributed by atoms with Crippen LogP contribution in [0.3, 0.4) is 0 Å². The largest absolute Gasteiger partial charge is 0.535 e. The molecule has 1 heterocycles. The molecule has 0 atom stereocenters. The number of benzene rings is 1. The molecule has 0 saturated carbocycles. The van der Waals surface area contributed by atoms with Crippen LogP contribution in [0.2, 0.25) is 0 Å². The van der Waals surface area contributed by atoms with Gasteiger partial charge < -0.3 is 10.5 Å². The maximum Gasteiger partial charge on any atom is 0.535 e. The van der Waals surface area contributed by atoms with E-state index in [2.05, 4.69) is 9.47 Å². The van der Waals surface area contributed by atoms with Crippen molar-refractivity contribution in [3.63, 3.8) is 0 Å². The second-order valence-corrected chi connectivity index (χ2v) is 2.95. The van der Waals surface area contributed by atoms with Crippen LogP contribution in [-0.2, 0) is 17.9 Å². The Bertz CT molecular complexity index is 355. The van der Waals surface area contributed by atoms with Crippen molar-refractivity contribution < 1.29 is 18.3 Å². The average molecular weight is 201 g/mol. The van der Waals surface area contributed by atoms with E-state index in [1.54, 1.807) is 12.1 Å². The van der Waals surface area contributed by atoms with E-state index in [0.29, 0.717) is 5.56 Å². The molecular formula is C9H9F2NO2. The summed E-state index contributed by atoms with van der Waals surface area (Å²) >= 11 is 0. The molecule has 3 nitrogen and oxygen atoms in total. The zero-order valence-corrected chi connectivity index (χ0v) is 7.30. The Hall–Kier alpha value is -1.20. The third kappa shape index (κ3) is 1.56. The minimum absolute atomic E-state index is 0.143. The molecule has 1 aromatic rings. The topological polar surface area (TPSA) is 44.5 Å². The molecule has 76 valence electrons. The van der Waals surface area contributed by atoms with E-state index >= 15 is 0 Å². The van der Waals surface area contributed by atoms with Crippen LogP contribution in [-0.4, -0.2) is 6.29 Å². The Kier molecular flexibility index (Phi) is 2.13. The fourth-order valence-corrected chi connectivity index (χ4v) is 1.38. The van der Waals surface area contributed by atoms with E-state index in [0.717, 1.165) is 5.56 Å². The molecule has 0 bridgehead atoms. The third-order valence-corrected chi connectivity index (χ3v) is 2.06. The molecule has 5 heteroatoms. The van der Waals surface area contributed by atoms with E-state index in [-0.39, 0.29) is 18.9 Å². The first kappa shape index (κ1) is 9.36. The van der Waals surface area contributed by atoms with Gasteiger partial charge in [-0.05, 0) is 11.6 Å². The van der Waals surface area contributed by atoms with Crippen LogP contribution in [0.5, 0.6) is 5.75 Å². The van der Waals surface area contributed by atoms with E-state index in [1.165, 1.54) is 6.07 Å². The Morgan fingerprint density at radius 1 is 1.43 bits per heavy atom. The molecule has 1 aromatic carbocycles. The first-order valence-electron chi connectivity index (χ1n) is 4.14. The Morgan fingerprint density at radius 2 is 2.21 bits per heavy atom. The molecule has 2 N–H and O–H groups in total. The smallest absolute Gasteiger partial charge is 0.409 e. The first-order chi connectivity index (χ1) is 6.62. The average Bonchev–Trinajstić information content (AvgIpc) is 2.15. The van der Waals surface area contributed by atoms with Gasteiger partial charge in [-0.25, -0.2) is 0 Å². The highest BCUT2D eigenvalue weighted by atomic mass is 19.3. The minimum atomic E-state index is -3.53. The van der Waals surface area contributed by atoms with Crippen molar-refractivity contribution in [2.24, 2.45) is 5.73 Å². The number of hydrogen-bond acceptors (Lipinski definition) is 3. The van der Waals surface area contributed by atoms with E-state index < -0.39 is 6.29 Å². The molecule has 14 heavy (non-hydrogen) atoms. The summed E-state index contributed by atoms with van der Waals surface area (Å²) in [6.07, 6.45) is -3.53. The van der Waals surface area contributed by atoms with E-state index in [1.807, 2.05) is 0 Å². The van der Waals surface area contributed by atoms with Crippen LogP contribution in [0.25, 0.3) is 0 Å². The molecule has 0 spiro atoms. The lowest BCUT2D eigenvalue weighted by atomic mass is 10.1. The summed E-state index contributed by atoms with van der Waals surface area (Å²) in [6, 6.07) is 4.86. The van der Waals surface area contributed by atoms with Crippen LogP contribution in [0.4, 0.5) is 8.78 Å². The quantitative estimate of drug-likeness (QED) is 0.750. The van der Waals surface area contributed by atoms with Crippen LogP contribution >= 0.6 is 0 Å². The highest BCUT2D eigenvalue weighted by Gasteiger charge is 2.38. The van der Waals surface area contributed by atoms with Crippen molar-refractivity contribution >= 4 is 0 Å². The van der Waals surface area contributed by atoms with Crippen molar-refractivity contribution in [3.8, 4) is 5.75 Å². The number of nitrogens with two attached hydrogens (primary N) is 1. The van der Waals surface area contributed by atoms with Crippen molar-refractivity contribution in [3.05, 3.63) is 29.3 Å². The maximum absolute atomic E-state index is 12.6. The van der Waals surface area contributed by atoms with Gasteiger partial charge in [-0.3, -0.25) is 4.74 Å². The molecule has 0 saturated heterocycles. The molecule has 0 radical (unpaired) electrons. The maximum atomic E-state index is 12.6. The molecule has 0 aliphatic carbocycles. The fourth-order valence-electron chi connectivity index (χ4n) is 1.38. The van der Waals surface area contributed by atoms with Gasteiger partial charge in [0.1, 0.15) is 5.75 Å². The zero-order valence-electron chi connectivity index (χ0n) is 7.30. The number of fused-ring (bicyclic) bond motifs is 1. The van der Waals surface area contributed by atoms with Gasteiger partial charge in [0.2, 0.25) is 0 Å². The van der Waals surface area contributed by atoms with Gasteiger partial charge in [-0.15, -0.1) is 8.78 Å². The second-order valence-electron chi connectivity index (χ2n) is 2.95. The fraction of sp³-hybridized carbons (Fsp3) is 0.333. The Labute approximate surface area is 79.4 Å². The highest BCUT2D eigenvalue weighted by Crippen LogP contribution is 2.34. The normalized spacial score (nSPS) is 18.5. The lowest BCUT2D eigenvalue weighted by Crippen LogP contribution is -2.33. The number of ether oxygens (including phenoxy) is 2. The summed E-state index contributed by atoms with van der Waals surface area (Å²) in [4.78, 5) is 0. The SMILES string of the molecule is NCc1cccc2c1COC(F)(F)O2. The van der Waals surface area contributed by atoms with Crippen LogP contribution in [0.1, 0.15) is 11.1 Å².